The zero-order chi connectivity index (χ0) is 19.5. The number of fused-ring (bicyclic) bond motifs is 2. The van der Waals surface area contributed by atoms with Crippen molar-refractivity contribution in [3.63, 3.8) is 0 Å². The number of hydrogen-bond donors (Lipinski definition) is 0. The molecule has 6 atom stereocenters. The first kappa shape index (κ1) is 16.7. The molecule has 152 valence electrons. The van der Waals surface area contributed by atoms with Crippen LogP contribution in [0.5, 0.6) is 11.5 Å². The number of ether oxygens (including phenoxy) is 3. The van der Waals surface area contributed by atoms with Crippen molar-refractivity contribution in [1.29, 1.82) is 0 Å². The Morgan fingerprint density at radius 2 is 2.03 bits per heavy atom. The maximum absolute atomic E-state index is 13.5. The van der Waals surface area contributed by atoms with Crippen molar-refractivity contribution in [2.75, 3.05) is 38.8 Å². The zero-order valence-electron chi connectivity index (χ0n) is 16.9. The van der Waals surface area contributed by atoms with E-state index in [-0.39, 0.29) is 23.5 Å². The highest BCUT2D eigenvalue weighted by molar-refractivity contribution is 5.99. The lowest BCUT2D eigenvalue weighted by molar-refractivity contribution is -0.132. The fourth-order valence-electron chi connectivity index (χ4n) is 7.87. The second kappa shape index (κ2) is 5.35. The summed E-state index contributed by atoms with van der Waals surface area (Å²) in [6, 6.07) is 4.87. The maximum Gasteiger partial charge on any atom is 0.229 e. The van der Waals surface area contributed by atoms with E-state index < -0.39 is 0 Å². The van der Waals surface area contributed by atoms with Crippen LogP contribution in [0.25, 0.3) is 0 Å². The Morgan fingerprint density at radius 1 is 1.21 bits per heavy atom. The lowest BCUT2D eigenvalue weighted by Crippen LogP contribution is -2.69. The van der Waals surface area contributed by atoms with E-state index >= 15 is 0 Å². The molecule has 2 bridgehead atoms. The van der Waals surface area contributed by atoms with Gasteiger partial charge in [-0.15, -0.1) is 0 Å². The highest BCUT2D eigenvalue weighted by Crippen LogP contribution is 2.66. The number of hydrogen-bond acceptors (Lipinski definition) is 5. The number of carbonyl (C=O) groups excluding carboxylic acids is 1. The van der Waals surface area contributed by atoms with Crippen molar-refractivity contribution in [3.05, 3.63) is 29.3 Å². The van der Waals surface area contributed by atoms with Crippen LogP contribution in [0.2, 0.25) is 0 Å². The SMILES string of the molecule is COc1cc2c(cc1OC)[C@@]13CCN4CC5=CCO[C@H]6CC(=O)N2[C@H]1C6[C@H]5C[C@H]43. The summed E-state index contributed by atoms with van der Waals surface area (Å²) >= 11 is 0. The summed E-state index contributed by atoms with van der Waals surface area (Å²) in [5.74, 6) is 2.57. The van der Waals surface area contributed by atoms with Crippen LogP contribution in [0.3, 0.4) is 0 Å². The van der Waals surface area contributed by atoms with Crippen molar-refractivity contribution < 1.29 is 19.0 Å². The van der Waals surface area contributed by atoms with Crippen molar-refractivity contribution in [2.24, 2.45) is 11.8 Å². The molecular formula is C23H26N2O4. The van der Waals surface area contributed by atoms with Crippen LogP contribution >= 0.6 is 0 Å². The average molecular weight is 394 g/mol. The number of methoxy groups -OCH3 is 2. The van der Waals surface area contributed by atoms with Gasteiger partial charge < -0.3 is 19.1 Å². The summed E-state index contributed by atoms with van der Waals surface area (Å²) in [5.41, 5.74) is 3.85. The fraction of sp³-hybridized carbons (Fsp3) is 0.609. The molecule has 3 saturated heterocycles. The van der Waals surface area contributed by atoms with E-state index in [9.17, 15) is 4.79 Å². The van der Waals surface area contributed by atoms with Gasteiger partial charge >= 0.3 is 0 Å². The highest BCUT2D eigenvalue weighted by Gasteiger charge is 2.71. The number of rotatable bonds is 2. The third-order valence-electron chi connectivity index (χ3n) is 8.81. The molecule has 1 aromatic carbocycles. The predicted molar refractivity (Wildman–Crippen MR) is 107 cm³/mol. The van der Waals surface area contributed by atoms with E-state index in [1.807, 2.05) is 6.07 Å². The van der Waals surface area contributed by atoms with Crippen molar-refractivity contribution >= 4 is 11.6 Å². The van der Waals surface area contributed by atoms with Crippen LogP contribution in [-0.4, -0.2) is 62.9 Å². The van der Waals surface area contributed by atoms with Gasteiger partial charge in [0.25, 0.3) is 0 Å². The zero-order valence-corrected chi connectivity index (χ0v) is 16.9. The molecule has 7 rings (SSSR count). The van der Waals surface area contributed by atoms with Gasteiger partial charge in [-0.25, -0.2) is 0 Å². The molecule has 0 N–H and O–H groups in total. The molecule has 1 spiro atoms. The number of nitrogens with zero attached hydrogens (tertiary/aromatic N) is 2. The Morgan fingerprint density at radius 3 is 2.86 bits per heavy atom. The molecule has 0 radical (unpaired) electrons. The summed E-state index contributed by atoms with van der Waals surface area (Å²) in [7, 11) is 3.36. The van der Waals surface area contributed by atoms with Crippen molar-refractivity contribution in [2.45, 2.75) is 42.9 Å². The summed E-state index contributed by atoms with van der Waals surface area (Å²) in [6.07, 6.45) is 5.11. The Hall–Kier alpha value is -2.05. The molecule has 0 aromatic heterocycles. The summed E-state index contributed by atoms with van der Waals surface area (Å²) in [5, 5.41) is 0. The molecule has 1 saturated carbocycles. The van der Waals surface area contributed by atoms with Gasteiger partial charge in [-0.3, -0.25) is 9.69 Å². The van der Waals surface area contributed by atoms with Gasteiger partial charge in [0, 0.05) is 30.0 Å². The smallest absolute Gasteiger partial charge is 0.229 e. The Balaban J connectivity index is 1.52. The number of carbonyl (C=O) groups is 1. The minimum absolute atomic E-state index is 0.0242. The van der Waals surface area contributed by atoms with Gasteiger partial charge in [-0.1, -0.05) is 11.6 Å². The molecule has 6 nitrogen and oxygen atoms in total. The molecule has 4 fully saturated rings. The molecule has 1 amide bonds. The number of benzene rings is 1. The van der Waals surface area contributed by atoms with Crippen LogP contribution in [-0.2, 0) is 14.9 Å². The van der Waals surface area contributed by atoms with Crippen LogP contribution in [0, 0.1) is 11.8 Å². The molecule has 6 aliphatic rings. The van der Waals surface area contributed by atoms with Gasteiger partial charge in [0.15, 0.2) is 11.5 Å². The minimum Gasteiger partial charge on any atom is -0.493 e. The molecule has 6 heteroatoms. The first-order chi connectivity index (χ1) is 14.2. The quantitative estimate of drug-likeness (QED) is 0.719. The minimum atomic E-state index is -0.0242. The van der Waals surface area contributed by atoms with E-state index in [4.69, 9.17) is 14.2 Å². The fourth-order valence-corrected chi connectivity index (χ4v) is 7.87. The molecule has 1 aromatic rings. The van der Waals surface area contributed by atoms with E-state index in [1.165, 1.54) is 12.0 Å². The second-order valence-electron chi connectivity index (χ2n) is 9.48. The standard InChI is InChI=1S/C23H26N2O4/c1-27-16-8-14-15(9-17(16)28-2)25-20(26)10-18-21-13-7-19-23(14,22(21)25)4-5-24(19)11-12(13)3-6-29-18/h3,8-9,13,18-19,21-22H,4-7,10-11H2,1-2H3/t13-,18-,19-,21?,22-,23+/m0/s1. The van der Waals surface area contributed by atoms with Crippen molar-refractivity contribution in [1.82, 2.24) is 4.90 Å². The van der Waals surface area contributed by atoms with Gasteiger partial charge in [-0.2, -0.15) is 0 Å². The number of piperidine rings is 2. The van der Waals surface area contributed by atoms with Crippen LogP contribution in [0.4, 0.5) is 5.69 Å². The van der Waals surface area contributed by atoms with Crippen LogP contribution in [0.1, 0.15) is 24.8 Å². The topological polar surface area (TPSA) is 51.2 Å². The van der Waals surface area contributed by atoms with E-state index in [2.05, 4.69) is 21.9 Å². The first-order valence-corrected chi connectivity index (χ1v) is 10.8. The third kappa shape index (κ3) is 1.76. The lowest BCUT2D eigenvalue weighted by Gasteiger charge is -2.58. The van der Waals surface area contributed by atoms with Gasteiger partial charge in [-0.05, 0) is 36.9 Å². The van der Waals surface area contributed by atoms with Gasteiger partial charge in [0.1, 0.15) is 0 Å². The Kier molecular flexibility index (Phi) is 3.08. The largest absolute Gasteiger partial charge is 0.493 e. The Bertz CT molecular complexity index is 974. The normalized spacial score (nSPS) is 41.0. The summed E-state index contributed by atoms with van der Waals surface area (Å²) in [4.78, 5) is 18.3. The molecule has 29 heavy (non-hydrogen) atoms. The molecule has 1 unspecified atom stereocenters. The monoisotopic (exact) mass is 394 g/mol. The van der Waals surface area contributed by atoms with Crippen molar-refractivity contribution in [3.8, 4) is 11.5 Å². The molecule has 5 aliphatic heterocycles. The van der Waals surface area contributed by atoms with Crippen LogP contribution < -0.4 is 14.4 Å². The summed E-state index contributed by atoms with van der Waals surface area (Å²) < 4.78 is 17.6. The number of anilines is 1. The molecule has 5 heterocycles. The lowest BCUT2D eigenvalue weighted by atomic mass is 9.53. The van der Waals surface area contributed by atoms with Gasteiger partial charge in [0.05, 0.1) is 45.1 Å². The molecular weight excluding hydrogens is 368 g/mol. The van der Waals surface area contributed by atoms with E-state index in [0.717, 1.165) is 30.9 Å². The van der Waals surface area contributed by atoms with Crippen LogP contribution in [0.15, 0.2) is 23.8 Å². The van der Waals surface area contributed by atoms with E-state index in [1.54, 1.807) is 19.8 Å². The third-order valence-corrected chi connectivity index (χ3v) is 8.81. The number of amides is 1. The molecule has 1 aliphatic carbocycles. The maximum atomic E-state index is 13.5. The van der Waals surface area contributed by atoms with Gasteiger partial charge in [0.2, 0.25) is 5.91 Å². The second-order valence-corrected chi connectivity index (χ2v) is 9.48. The van der Waals surface area contributed by atoms with E-state index in [0.29, 0.717) is 36.7 Å². The highest BCUT2D eigenvalue weighted by atomic mass is 16.5. The Labute approximate surface area is 170 Å². The average Bonchev–Trinajstić information content (AvgIpc) is 3.20. The summed E-state index contributed by atoms with van der Waals surface area (Å²) in [6.45, 7) is 2.80. The predicted octanol–water partition coefficient (Wildman–Crippen LogP) is 2.11. The first-order valence-electron chi connectivity index (χ1n) is 10.8.